The Labute approximate surface area is 208 Å². The number of benzene rings is 3. The van der Waals surface area contributed by atoms with Gasteiger partial charge in [0.05, 0.1) is 11.6 Å². The molecule has 35 heavy (non-hydrogen) atoms. The summed E-state index contributed by atoms with van der Waals surface area (Å²) < 4.78 is 1.31. The van der Waals surface area contributed by atoms with Gasteiger partial charge >= 0.3 is 11.8 Å². The summed E-state index contributed by atoms with van der Waals surface area (Å²) in [6.07, 6.45) is 0. The van der Waals surface area contributed by atoms with Crippen molar-refractivity contribution in [2.45, 2.75) is 26.8 Å². The predicted molar refractivity (Wildman–Crippen MR) is 138 cm³/mol. The van der Waals surface area contributed by atoms with Gasteiger partial charge in [-0.15, -0.1) is 0 Å². The number of nitrogens with zero attached hydrogens (tertiary/aromatic N) is 1. The van der Waals surface area contributed by atoms with Crippen LogP contribution >= 0.6 is 11.6 Å². The van der Waals surface area contributed by atoms with Gasteiger partial charge in [-0.3, -0.25) is 19.8 Å². The molecule has 3 amide bonds. The Morgan fingerprint density at radius 3 is 2.34 bits per heavy atom. The number of hydrogen-bond donors (Lipinski definition) is 3. The standard InChI is InChI=1S/C27H25ClN4O3/c1-16-9-11-22(17(2)13-16)30-25(33)24-15-20-14-21(28)10-12-23(20)32(24)31-27(35)26(34)29-18(3)19-7-5-4-6-8-19/h4-15,18H,1-3H3,(H,29,34)(H,30,33)(H,31,35)/t18-/m0/s1. The fraction of sp³-hybridized carbons (Fsp3) is 0.148. The highest BCUT2D eigenvalue weighted by Gasteiger charge is 2.22. The molecule has 0 aliphatic carbocycles. The smallest absolute Gasteiger partial charge is 0.328 e. The molecule has 0 unspecified atom stereocenters. The molecular formula is C27H25ClN4O3. The molecule has 0 saturated heterocycles. The molecule has 8 heteroatoms. The van der Waals surface area contributed by atoms with Gasteiger partial charge in [0, 0.05) is 16.1 Å². The number of fused-ring (bicyclic) bond motifs is 1. The molecule has 3 N–H and O–H groups in total. The van der Waals surface area contributed by atoms with Crippen LogP contribution in [0.25, 0.3) is 10.9 Å². The Morgan fingerprint density at radius 2 is 1.63 bits per heavy atom. The molecule has 1 heterocycles. The summed E-state index contributed by atoms with van der Waals surface area (Å²) in [5, 5.41) is 6.69. The van der Waals surface area contributed by atoms with Gasteiger partial charge < -0.3 is 10.6 Å². The van der Waals surface area contributed by atoms with Crippen LogP contribution in [0.5, 0.6) is 0 Å². The summed E-state index contributed by atoms with van der Waals surface area (Å²) in [5.74, 6) is -2.17. The first-order chi connectivity index (χ1) is 16.7. The third-order valence-corrected chi connectivity index (χ3v) is 5.93. The Hall–Kier alpha value is -4.10. The lowest BCUT2D eigenvalue weighted by Crippen LogP contribution is -2.40. The summed E-state index contributed by atoms with van der Waals surface area (Å²) in [6, 6.07) is 21.3. The van der Waals surface area contributed by atoms with Crippen molar-refractivity contribution in [3.05, 3.63) is 100 Å². The second-order valence-electron chi connectivity index (χ2n) is 8.39. The molecule has 1 atom stereocenters. The first kappa shape index (κ1) is 24.0. The van der Waals surface area contributed by atoms with Gasteiger partial charge in [-0.25, -0.2) is 4.68 Å². The lowest BCUT2D eigenvalue weighted by atomic mass is 10.1. The minimum Gasteiger partial charge on any atom is -0.341 e. The van der Waals surface area contributed by atoms with Crippen LogP contribution in [-0.2, 0) is 9.59 Å². The lowest BCUT2D eigenvalue weighted by Gasteiger charge is -2.16. The van der Waals surface area contributed by atoms with Crippen molar-refractivity contribution >= 4 is 45.9 Å². The highest BCUT2D eigenvalue weighted by atomic mass is 35.5. The van der Waals surface area contributed by atoms with Gasteiger partial charge in [-0.2, -0.15) is 0 Å². The number of rotatable bonds is 5. The monoisotopic (exact) mass is 488 g/mol. The van der Waals surface area contributed by atoms with Crippen LogP contribution in [0.4, 0.5) is 5.69 Å². The summed E-state index contributed by atoms with van der Waals surface area (Å²) in [6.45, 7) is 5.66. The Bertz CT molecular complexity index is 1430. The molecule has 178 valence electrons. The SMILES string of the molecule is Cc1ccc(NC(=O)c2cc3cc(Cl)ccc3n2NC(=O)C(=O)N[C@@H](C)c2ccccc2)c(C)c1. The summed E-state index contributed by atoms with van der Waals surface area (Å²) >= 11 is 6.14. The predicted octanol–water partition coefficient (Wildman–Crippen LogP) is 5.11. The second-order valence-corrected chi connectivity index (χ2v) is 8.82. The first-order valence-electron chi connectivity index (χ1n) is 11.1. The van der Waals surface area contributed by atoms with E-state index in [9.17, 15) is 14.4 Å². The lowest BCUT2D eigenvalue weighted by molar-refractivity contribution is -0.137. The molecule has 4 aromatic rings. The van der Waals surface area contributed by atoms with Crippen LogP contribution in [0.2, 0.25) is 5.02 Å². The average molecular weight is 489 g/mol. The van der Waals surface area contributed by atoms with E-state index in [0.717, 1.165) is 16.7 Å². The van der Waals surface area contributed by atoms with E-state index in [4.69, 9.17) is 11.6 Å². The van der Waals surface area contributed by atoms with E-state index >= 15 is 0 Å². The summed E-state index contributed by atoms with van der Waals surface area (Å²) in [7, 11) is 0. The number of aromatic nitrogens is 1. The van der Waals surface area contributed by atoms with E-state index < -0.39 is 17.7 Å². The minimum absolute atomic E-state index is 0.152. The summed E-state index contributed by atoms with van der Waals surface area (Å²) in [4.78, 5) is 38.7. The van der Waals surface area contributed by atoms with Gasteiger partial charge in [0.15, 0.2) is 0 Å². The number of anilines is 1. The van der Waals surface area contributed by atoms with Crippen LogP contribution in [0.1, 0.15) is 40.1 Å². The number of amides is 3. The third kappa shape index (κ3) is 5.36. The van der Waals surface area contributed by atoms with Crippen molar-refractivity contribution in [1.29, 1.82) is 0 Å². The van der Waals surface area contributed by atoms with Crippen molar-refractivity contribution in [3.8, 4) is 0 Å². The van der Waals surface area contributed by atoms with Crippen molar-refractivity contribution in [1.82, 2.24) is 9.99 Å². The van der Waals surface area contributed by atoms with Gasteiger partial charge in [-0.05, 0) is 62.2 Å². The van der Waals surface area contributed by atoms with E-state index in [1.807, 2.05) is 62.4 Å². The number of carbonyl (C=O) groups excluding carboxylic acids is 3. The molecule has 0 aliphatic heterocycles. The number of nitrogens with one attached hydrogen (secondary N) is 3. The maximum Gasteiger partial charge on any atom is 0.328 e. The van der Waals surface area contributed by atoms with Crippen LogP contribution in [0.3, 0.4) is 0 Å². The quantitative estimate of drug-likeness (QED) is 0.341. The van der Waals surface area contributed by atoms with Gasteiger partial charge in [-0.1, -0.05) is 59.6 Å². The number of hydrogen-bond acceptors (Lipinski definition) is 3. The van der Waals surface area contributed by atoms with Crippen LogP contribution in [0, 0.1) is 13.8 Å². The van der Waals surface area contributed by atoms with Gasteiger partial charge in [0.1, 0.15) is 5.69 Å². The molecule has 0 spiro atoms. The fourth-order valence-electron chi connectivity index (χ4n) is 3.85. The molecule has 4 rings (SSSR count). The topological polar surface area (TPSA) is 92.2 Å². The Balaban J connectivity index is 1.60. The largest absolute Gasteiger partial charge is 0.341 e. The minimum atomic E-state index is -0.902. The molecule has 0 fully saturated rings. The molecule has 7 nitrogen and oxygen atoms in total. The average Bonchev–Trinajstić information content (AvgIpc) is 3.18. The first-order valence-corrected chi connectivity index (χ1v) is 11.5. The van der Waals surface area contributed by atoms with E-state index in [2.05, 4.69) is 16.1 Å². The zero-order valence-corrected chi connectivity index (χ0v) is 20.3. The normalized spacial score (nSPS) is 11.7. The number of aryl methyl sites for hydroxylation is 2. The van der Waals surface area contributed by atoms with Crippen LogP contribution in [0.15, 0.2) is 72.8 Å². The van der Waals surface area contributed by atoms with Crippen molar-refractivity contribution in [2.75, 3.05) is 10.7 Å². The maximum atomic E-state index is 13.2. The van der Waals surface area contributed by atoms with Crippen LogP contribution in [-0.4, -0.2) is 22.4 Å². The van der Waals surface area contributed by atoms with Crippen molar-refractivity contribution in [3.63, 3.8) is 0 Å². The fourth-order valence-corrected chi connectivity index (χ4v) is 4.03. The second kappa shape index (κ2) is 10.0. The van der Waals surface area contributed by atoms with Crippen LogP contribution < -0.4 is 16.1 Å². The maximum absolute atomic E-state index is 13.2. The molecule has 0 aliphatic rings. The third-order valence-electron chi connectivity index (χ3n) is 5.69. The number of carbonyl (C=O) groups is 3. The van der Waals surface area contributed by atoms with E-state index in [1.165, 1.54) is 4.68 Å². The van der Waals surface area contributed by atoms with E-state index in [1.54, 1.807) is 31.2 Å². The zero-order valence-electron chi connectivity index (χ0n) is 19.6. The molecule has 0 radical (unpaired) electrons. The summed E-state index contributed by atoms with van der Waals surface area (Å²) in [5.41, 5.74) is 6.73. The zero-order chi connectivity index (χ0) is 25.1. The van der Waals surface area contributed by atoms with E-state index in [0.29, 0.717) is 21.6 Å². The molecule has 1 aromatic heterocycles. The molecule has 0 saturated carbocycles. The Kier molecular flexibility index (Phi) is 6.89. The highest BCUT2D eigenvalue weighted by molar-refractivity contribution is 6.38. The Morgan fingerprint density at radius 1 is 0.886 bits per heavy atom. The molecule has 3 aromatic carbocycles. The highest BCUT2D eigenvalue weighted by Crippen LogP contribution is 2.24. The molecule has 0 bridgehead atoms. The number of halogens is 1. The van der Waals surface area contributed by atoms with Crippen molar-refractivity contribution in [2.24, 2.45) is 0 Å². The van der Waals surface area contributed by atoms with Gasteiger partial charge in [0.2, 0.25) is 0 Å². The van der Waals surface area contributed by atoms with Gasteiger partial charge in [0.25, 0.3) is 5.91 Å². The van der Waals surface area contributed by atoms with E-state index in [-0.39, 0.29) is 11.7 Å². The molecular weight excluding hydrogens is 464 g/mol. The van der Waals surface area contributed by atoms with Crippen molar-refractivity contribution < 1.29 is 14.4 Å².